The van der Waals surface area contributed by atoms with Crippen molar-refractivity contribution in [1.29, 1.82) is 0 Å². The van der Waals surface area contributed by atoms with Gasteiger partial charge >= 0.3 is 5.97 Å². The summed E-state index contributed by atoms with van der Waals surface area (Å²) in [5.74, 6) is -0.993. The van der Waals surface area contributed by atoms with Crippen LogP contribution in [-0.4, -0.2) is 44.8 Å². The van der Waals surface area contributed by atoms with Crippen molar-refractivity contribution in [3.63, 3.8) is 0 Å². The normalized spacial score (nSPS) is 15.6. The number of amides is 1. The third kappa shape index (κ3) is 4.78. The fourth-order valence-corrected chi connectivity index (χ4v) is 5.83. The van der Waals surface area contributed by atoms with E-state index in [4.69, 9.17) is 23.2 Å². The van der Waals surface area contributed by atoms with Crippen LogP contribution in [0.25, 0.3) is 0 Å². The molecule has 1 aliphatic heterocycles. The molecule has 2 aromatic rings. The molecule has 2 aromatic carbocycles. The molecule has 30 heavy (non-hydrogen) atoms. The summed E-state index contributed by atoms with van der Waals surface area (Å²) in [5, 5.41) is 2.93. The molecular weight excluding hydrogens is 451 g/mol. The van der Waals surface area contributed by atoms with E-state index in [1.165, 1.54) is 23.5 Å². The van der Waals surface area contributed by atoms with Gasteiger partial charge in [-0.2, -0.15) is 4.31 Å². The number of nitrogens with zero attached hydrogens (tertiary/aromatic N) is 1. The molecule has 10 heteroatoms. The number of anilines is 1. The predicted molar refractivity (Wildman–Crippen MR) is 114 cm³/mol. The molecule has 1 saturated heterocycles. The number of hydrogen-bond acceptors (Lipinski definition) is 5. The summed E-state index contributed by atoms with van der Waals surface area (Å²) in [4.78, 5) is 23.9. The van der Waals surface area contributed by atoms with Crippen molar-refractivity contribution in [2.24, 2.45) is 5.92 Å². The minimum absolute atomic E-state index is 0.0674. The van der Waals surface area contributed by atoms with E-state index in [-0.39, 0.29) is 39.9 Å². The highest BCUT2D eigenvalue weighted by atomic mass is 35.5. The second-order valence-corrected chi connectivity index (χ2v) is 9.48. The van der Waals surface area contributed by atoms with Crippen molar-refractivity contribution in [3.8, 4) is 0 Å². The largest absolute Gasteiger partial charge is 0.465 e. The molecule has 1 fully saturated rings. The van der Waals surface area contributed by atoms with Crippen LogP contribution in [0.4, 0.5) is 5.69 Å². The van der Waals surface area contributed by atoms with E-state index in [0.717, 1.165) is 0 Å². The molecule has 0 saturated carbocycles. The zero-order valence-electron chi connectivity index (χ0n) is 16.1. The van der Waals surface area contributed by atoms with Crippen LogP contribution in [0.15, 0.2) is 47.4 Å². The molecule has 7 nitrogen and oxygen atoms in total. The maximum Gasteiger partial charge on any atom is 0.337 e. The van der Waals surface area contributed by atoms with Crippen molar-refractivity contribution in [2.75, 3.05) is 25.5 Å². The van der Waals surface area contributed by atoms with Gasteiger partial charge in [-0.25, -0.2) is 13.2 Å². The molecule has 1 heterocycles. The van der Waals surface area contributed by atoms with Crippen molar-refractivity contribution >= 4 is 50.8 Å². The average molecular weight is 471 g/mol. The number of rotatable bonds is 5. The number of sulfonamides is 1. The first-order valence-corrected chi connectivity index (χ1v) is 11.4. The number of carbonyl (C=O) groups excluding carboxylic acids is 2. The first kappa shape index (κ1) is 22.6. The second kappa shape index (κ2) is 9.34. The molecule has 1 N–H and O–H groups in total. The van der Waals surface area contributed by atoms with Crippen molar-refractivity contribution in [3.05, 3.63) is 58.1 Å². The third-order valence-corrected chi connectivity index (χ3v) is 7.77. The lowest BCUT2D eigenvalue weighted by Gasteiger charge is -2.31. The van der Waals surface area contributed by atoms with Gasteiger partial charge in [0.25, 0.3) is 0 Å². The van der Waals surface area contributed by atoms with Gasteiger partial charge in [-0.15, -0.1) is 0 Å². The van der Waals surface area contributed by atoms with Gasteiger partial charge in [0.2, 0.25) is 15.9 Å². The van der Waals surface area contributed by atoms with Crippen molar-refractivity contribution in [2.45, 2.75) is 17.7 Å². The maximum absolute atomic E-state index is 12.9. The SMILES string of the molecule is COC(=O)c1ccc(NC(=O)C2CCN(S(=O)(=O)c3c(Cl)cccc3Cl)CC2)cc1. The summed E-state index contributed by atoms with van der Waals surface area (Å²) in [5.41, 5.74) is 0.929. The van der Waals surface area contributed by atoms with Crippen LogP contribution in [-0.2, 0) is 19.6 Å². The number of benzene rings is 2. The topological polar surface area (TPSA) is 92.8 Å². The third-order valence-electron chi connectivity index (χ3n) is 4.92. The highest BCUT2D eigenvalue weighted by Crippen LogP contribution is 2.33. The zero-order chi connectivity index (χ0) is 21.9. The Labute approximate surface area is 185 Å². The molecule has 1 amide bonds. The number of piperidine rings is 1. The van der Waals surface area contributed by atoms with E-state index in [2.05, 4.69) is 10.1 Å². The maximum atomic E-state index is 12.9. The van der Waals surface area contributed by atoms with Crippen LogP contribution in [0.3, 0.4) is 0 Å². The molecule has 160 valence electrons. The Morgan fingerprint density at radius 1 is 1.03 bits per heavy atom. The first-order valence-electron chi connectivity index (χ1n) is 9.17. The minimum Gasteiger partial charge on any atom is -0.465 e. The van der Waals surface area contributed by atoms with Crippen LogP contribution < -0.4 is 5.32 Å². The number of ether oxygens (including phenoxy) is 1. The molecule has 0 aliphatic carbocycles. The summed E-state index contributed by atoms with van der Waals surface area (Å²) in [6.07, 6.45) is 0.737. The number of esters is 1. The quantitative estimate of drug-likeness (QED) is 0.670. The standard InChI is InChI=1S/C20H20Cl2N2O5S/c1-29-20(26)14-5-7-15(8-6-14)23-19(25)13-9-11-24(12-10-13)30(27,28)18-16(21)3-2-4-17(18)22/h2-8,13H,9-12H2,1H3,(H,23,25). The molecule has 0 spiro atoms. The average Bonchev–Trinajstić information content (AvgIpc) is 2.73. The Hall–Kier alpha value is -2.13. The predicted octanol–water partition coefficient (Wildman–Crippen LogP) is 3.82. The van der Waals surface area contributed by atoms with Crippen LogP contribution in [0, 0.1) is 5.92 Å². The monoisotopic (exact) mass is 470 g/mol. The number of nitrogens with one attached hydrogen (secondary N) is 1. The highest BCUT2D eigenvalue weighted by Gasteiger charge is 2.34. The highest BCUT2D eigenvalue weighted by molar-refractivity contribution is 7.89. The van der Waals surface area contributed by atoms with E-state index in [1.54, 1.807) is 30.3 Å². The van der Waals surface area contributed by atoms with E-state index >= 15 is 0 Å². The summed E-state index contributed by atoms with van der Waals surface area (Å²) in [6.45, 7) is 0.368. The lowest BCUT2D eigenvalue weighted by molar-refractivity contribution is -0.120. The van der Waals surface area contributed by atoms with Crippen LogP contribution in [0.5, 0.6) is 0 Å². The summed E-state index contributed by atoms with van der Waals surface area (Å²) < 4.78 is 31.8. The zero-order valence-corrected chi connectivity index (χ0v) is 18.4. The lowest BCUT2D eigenvalue weighted by atomic mass is 9.97. The van der Waals surface area contributed by atoms with Gasteiger partial charge in [-0.1, -0.05) is 29.3 Å². The Morgan fingerprint density at radius 2 is 1.60 bits per heavy atom. The fraction of sp³-hybridized carbons (Fsp3) is 0.300. The van der Waals surface area contributed by atoms with Crippen molar-refractivity contribution in [1.82, 2.24) is 4.31 Å². The first-order chi connectivity index (χ1) is 14.2. The van der Waals surface area contributed by atoms with Gasteiger partial charge in [-0.05, 0) is 49.2 Å². The van der Waals surface area contributed by atoms with E-state index in [9.17, 15) is 18.0 Å². The van der Waals surface area contributed by atoms with Gasteiger partial charge in [0.05, 0.1) is 22.7 Å². The van der Waals surface area contributed by atoms with Crippen LogP contribution in [0.1, 0.15) is 23.2 Å². The summed E-state index contributed by atoms with van der Waals surface area (Å²) in [7, 11) is -2.56. The lowest BCUT2D eigenvalue weighted by Crippen LogP contribution is -2.41. The Kier molecular flexibility index (Phi) is 7.02. The molecular formula is C20H20Cl2N2O5S. The summed E-state index contributed by atoms with van der Waals surface area (Å²) >= 11 is 12.1. The number of methoxy groups -OCH3 is 1. The Bertz CT molecular complexity index is 1030. The smallest absolute Gasteiger partial charge is 0.337 e. The molecule has 0 radical (unpaired) electrons. The van der Waals surface area contributed by atoms with Crippen LogP contribution >= 0.6 is 23.2 Å². The van der Waals surface area contributed by atoms with Crippen LogP contribution in [0.2, 0.25) is 10.0 Å². The molecule has 0 aromatic heterocycles. The molecule has 0 atom stereocenters. The Morgan fingerprint density at radius 3 is 2.13 bits per heavy atom. The van der Waals surface area contributed by atoms with E-state index in [1.807, 2.05) is 0 Å². The van der Waals surface area contributed by atoms with Gasteiger partial charge in [0.15, 0.2) is 0 Å². The number of carbonyl (C=O) groups is 2. The van der Waals surface area contributed by atoms with E-state index < -0.39 is 16.0 Å². The van der Waals surface area contributed by atoms with E-state index in [0.29, 0.717) is 24.1 Å². The molecule has 0 unspecified atom stereocenters. The van der Waals surface area contributed by atoms with Crippen molar-refractivity contribution < 1.29 is 22.7 Å². The molecule has 1 aliphatic rings. The Balaban J connectivity index is 1.62. The molecule has 0 bridgehead atoms. The van der Waals surface area contributed by atoms with Gasteiger partial charge in [0, 0.05) is 24.7 Å². The summed E-state index contributed by atoms with van der Waals surface area (Å²) in [6, 6.07) is 10.9. The number of hydrogen-bond donors (Lipinski definition) is 1. The fourth-order valence-electron chi connectivity index (χ4n) is 3.27. The molecule has 3 rings (SSSR count). The van der Waals surface area contributed by atoms with Gasteiger partial charge < -0.3 is 10.1 Å². The minimum atomic E-state index is -3.85. The van der Waals surface area contributed by atoms with Gasteiger partial charge in [-0.3, -0.25) is 4.79 Å². The van der Waals surface area contributed by atoms with Gasteiger partial charge in [0.1, 0.15) is 4.90 Å². The second-order valence-electron chi connectivity index (χ2n) is 6.79. The number of halogens is 2.